The van der Waals surface area contributed by atoms with Crippen LogP contribution in [0.1, 0.15) is 33.6 Å². The summed E-state index contributed by atoms with van der Waals surface area (Å²) in [5, 5.41) is 3.86. The summed E-state index contributed by atoms with van der Waals surface area (Å²) in [5.41, 5.74) is 1.99. The summed E-state index contributed by atoms with van der Waals surface area (Å²) >= 11 is 0. The van der Waals surface area contributed by atoms with Crippen LogP contribution in [0.2, 0.25) is 0 Å². The van der Waals surface area contributed by atoms with Gasteiger partial charge >= 0.3 is 5.97 Å². The van der Waals surface area contributed by atoms with Crippen molar-refractivity contribution >= 4 is 17.5 Å². The third kappa shape index (κ3) is 2.75. The Balaban J connectivity index is 2.14. The molecule has 0 aliphatic heterocycles. The molecule has 4 heteroatoms. The minimum atomic E-state index is -0.272. The molecule has 96 valence electrons. The first-order valence-corrected chi connectivity index (χ1v) is 6.22. The average Bonchev–Trinajstić information content (AvgIpc) is 3.10. The second-order valence-electron chi connectivity index (χ2n) is 5.11. The van der Waals surface area contributed by atoms with Crippen LogP contribution in [0.25, 0.3) is 0 Å². The number of carbonyl (C=O) groups is 2. The molecule has 0 aromatic carbocycles. The molecule has 4 nitrogen and oxygen atoms in total. The van der Waals surface area contributed by atoms with Gasteiger partial charge in [-0.2, -0.15) is 0 Å². The summed E-state index contributed by atoms with van der Waals surface area (Å²) < 4.78 is 0. The molecule has 0 heterocycles. The Morgan fingerprint density at radius 1 is 1.39 bits per heavy atom. The molecule has 1 saturated carbocycles. The fraction of sp³-hybridized carbons (Fsp3) is 0.500. The summed E-state index contributed by atoms with van der Waals surface area (Å²) in [6.45, 7) is 5.69. The number of hydrogen-bond donors (Lipinski definition) is 0. The minimum absolute atomic E-state index is 0.00923. The lowest BCUT2D eigenvalue weighted by Gasteiger charge is -2.14. The molecule has 18 heavy (non-hydrogen) atoms. The monoisotopic (exact) mass is 247 g/mol. The standard InChI is InChI=1S/C14H17NO3/c1-8(2)11-7-12(9(3)6-13(11)16)15-18-14(17)10-4-5-10/h6-8,10H,4-5H2,1-3H3/b15-12+. The zero-order chi connectivity index (χ0) is 13.3. The Morgan fingerprint density at radius 3 is 2.61 bits per heavy atom. The fourth-order valence-corrected chi connectivity index (χ4v) is 1.72. The molecule has 0 saturated heterocycles. The number of carbonyl (C=O) groups excluding carboxylic acids is 2. The second-order valence-corrected chi connectivity index (χ2v) is 5.11. The molecule has 0 aromatic heterocycles. The van der Waals surface area contributed by atoms with Gasteiger partial charge in [-0.15, -0.1) is 0 Å². The first-order valence-electron chi connectivity index (χ1n) is 6.22. The van der Waals surface area contributed by atoms with Crippen LogP contribution in [0.3, 0.4) is 0 Å². The Hall–Kier alpha value is -1.71. The molecule has 0 amide bonds. The van der Waals surface area contributed by atoms with E-state index in [1.807, 2.05) is 13.8 Å². The van der Waals surface area contributed by atoms with Crippen molar-refractivity contribution in [3.8, 4) is 0 Å². The van der Waals surface area contributed by atoms with E-state index in [1.165, 1.54) is 0 Å². The number of hydrogen-bond acceptors (Lipinski definition) is 4. The van der Waals surface area contributed by atoms with E-state index < -0.39 is 0 Å². The lowest BCUT2D eigenvalue weighted by atomic mass is 9.90. The van der Waals surface area contributed by atoms with Gasteiger partial charge in [0, 0.05) is 5.57 Å². The second kappa shape index (κ2) is 4.88. The number of rotatable bonds is 3. The molecular formula is C14H17NO3. The van der Waals surface area contributed by atoms with E-state index in [1.54, 1.807) is 19.1 Å². The Labute approximate surface area is 106 Å². The summed E-state index contributed by atoms with van der Waals surface area (Å²) in [6, 6.07) is 0. The highest BCUT2D eigenvalue weighted by atomic mass is 16.7. The van der Waals surface area contributed by atoms with E-state index in [2.05, 4.69) is 5.16 Å². The van der Waals surface area contributed by atoms with Crippen molar-refractivity contribution in [3.63, 3.8) is 0 Å². The summed E-state index contributed by atoms with van der Waals surface area (Å²) in [7, 11) is 0. The molecule has 2 rings (SSSR count). The zero-order valence-corrected chi connectivity index (χ0v) is 10.9. The van der Waals surface area contributed by atoms with Gasteiger partial charge in [0.2, 0.25) is 0 Å². The van der Waals surface area contributed by atoms with Gasteiger partial charge in [0.1, 0.15) is 5.71 Å². The maximum absolute atomic E-state index is 11.7. The van der Waals surface area contributed by atoms with Gasteiger partial charge in [0.05, 0.1) is 5.92 Å². The average molecular weight is 247 g/mol. The fourth-order valence-electron chi connectivity index (χ4n) is 1.72. The summed E-state index contributed by atoms with van der Waals surface area (Å²) in [5.74, 6) is -0.106. The van der Waals surface area contributed by atoms with E-state index >= 15 is 0 Å². The number of allylic oxidation sites excluding steroid dienone is 4. The highest BCUT2D eigenvalue weighted by Crippen LogP contribution is 2.30. The quantitative estimate of drug-likeness (QED) is 0.437. The van der Waals surface area contributed by atoms with Crippen LogP contribution in [0, 0.1) is 11.8 Å². The van der Waals surface area contributed by atoms with E-state index in [0.717, 1.165) is 18.4 Å². The summed E-state index contributed by atoms with van der Waals surface area (Å²) in [6.07, 6.45) is 5.04. The maximum atomic E-state index is 11.7. The van der Waals surface area contributed by atoms with Crippen LogP contribution >= 0.6 is 0 Å². The molecule has 0 bridgehead atoms. The molecule has 2 aliphatic carbocycles. The van der Waals surface area contributed by atoms with Crippen molar-refractivity contribution in [1.82, 2.24) is 0 Å². The van der Waals surface area contributed by atoms with Crippen molar-refractivity contribution in [2.45, 2.75) is 33.6 Å². The van der Waals surface area contributed by atoms with Crippen LogP contribution in [-0.2, 0) is 14.4 Å². The molecule has 0 radical (unpaired) electrons. The van der Waals surface area contributed by atoms with E-state index in [9.17, 15) is 9.59 Å². The van der Waals surface area contributed by atoms with E-state index in [0.29, 0.717) is 11.3 Å². The smallest absolute Gasteiger partial charge is 0.317 e. The molecular weight excluding hydrogens is 230 g/mol. The Kier molecular flexibility index (Phi) is 3.45. The third-order valence-electron chi connectivity index (χ3n) is 3.10. The van der Waals surface area contributed by atoms with Crippen LogP contribution < -0.4 is 0 Å². The normalized spacial score (nSPS) is 22.0. The van der Waals surface area contributed by atoms with Gasteiger partial charge < -0.3 is 4.84 Å². The van der Waals surface area contributed by atoms with Gasteiger partial charge in [0.25, 0.3) is 0 Å². The van der Waals surface area contributed by atoms with Gasteiger partial charge in [-0.05, 0) is 43.4 Å². The van der Waals surface area contributed by atoms with Gasteiger partial charge in [-0.25, -0.2) is 4.79 Å². The number of nitrogens with zero attached hydrogens (tertiary/aromatic N) is 1. The van der Waals surface area contributed by atoms with Gasteiger partial charge in [-0.3, -0.25) is 4.79 Å². The molecule has 0 atom stereocenters. The molecule has 0 spiro atoms. The maximum Gasteiger partial charge on any atom is 0.338 e. The topological polar surface area (TPSA) is 55.7 Å². The van der Waals surface area contributed by atoms with Crippen LogP contribution in [0.4, 0.5) is 0 Å². The molecule has 1 fully saturated rings. The largest absolute Gasteiger partial charge is 0.338 e. The molecule has 0 aromatic rings. The Bertz CT molecular complexity index is 479. The van der Waals surface area contributed by atoms with Gasteiger partial charge in [-0.1, -0.05) is 19.0 Å². The lowest BCUT2D eigenvalue weighted by molar-refractivity contribution is -0.145. The van der Waals surface area contributed by atoms with Crippen LogP contribution in [-0.4, -0.2) is 17.5 Å². The SMILES string of the molecule is CC1=CC(=O)C(C(C)C)=C/C1=N\OC(=O)C1CC1. The Morgan fingerprint density at radius 2 is 2.06 bits per heavy atom. The van der Waals surface area contributed by atoms with Crippen molar-refractivity contribution in [3.05, 3.63) is 23.3 Å². The molecule has 2 aliphatic rings. The van der Waals surface area contributed by atoms with Gasteiger partial charge in [0.15, 0.2) is 5.78 Å². The highest BCUT2D eigenvalue weighted by Gasteiger charge is 2.32. The minimum Gasteiger partial charge on any atom is -0.317 e. The predicted octanol–water partition coefficient (Wildman–Crippen LogP) is 2.41. The van der Waals surface area contributed by atoms with Crippen LogP contribution in [0.5, 0.6) is 0 Å². The highest BCUT2D eigenvalue weighted by molar-refractivity contribution is 6.21. The zero-order valence-electron chi connectivity index (χ0n) is 10.9. The van der Waals surface area contributed by atoms with Crippen LogP contribution in [0.15, 0.2) is 28.5 Å². The van der Waals surface area contributed by atoms with Crippen molar-refractivity contribution < 1.29 is 14.4 Å². The van der Waals surface area contributed by atoms with E-state index in [-0.39, 0.29) is 23.6 Å². The first kappa shape index (κ1) is 12.7. The van der Waals surface area contributed by atoms with Crippen molar-refractivity contribution in [1.29, 1.82) is 0 Å². The van der Waals surface area contributed by atoms with Crippen molar-refractivity contribution in [2.24, 2.45) is 17.0 Å². The lowest BCUT2D eigenvalue weighted by Crippen LogP contribution is -2.16. The number of ketones is 1. The van der Waals surface area contributed by atoms with Crippen molar-refractivity contribution in [2.75, 3.05) is 0 Å². The predicted molar refractivity (Wildman–Crippen MR) is 67.9 cm³/mol. The third-order valence-corrected chi connectivity index (χ3v) is 3.10. The molecule has 0 N–H and O–H groups in total. The van der Waals surface area contributed by atoms with E-state index in [4.69, 9.17) is 4.84 Å². The number of oxime groups is 1. The summed E-state index contributed by atoms with van der Waals surface area (Å²) in [4.78, 5) is 28.0. The molecule has 0 unspecified atom stereocenters. The first-order chi connectivity index (χ1) is 8.49.